The van der Waals surface area contributed by atoms with Gasteiger partial charge in [0.15, 0.2) is 10.8 Å². The van der Waals surface area contributed by atoms with Gasteiger partial charge in [-0.1, -0.05) is 35.2 Å². The van der Waals surface area contributed by atoms with Gasteiger partial charge in [0.25, 0.3) is 0 Å². The minimum atomic E-state index is -0.141. The van der Waals surface area contributed by atoms with Crippen LogP contribution in [0.4, 0.5) is 5.13 Å². The smallest absolute Gasteiger partial charge is 0.236 e. The number of rotatable bonds is 4. The number of benzene rings is 1. The van der Waals surface area contributed by atoms with Crippen LogP contribution in [0.25, 0.3) is 16.6 Å². The van der Waals surface area contributed by atoms with Crippen LogP contribution in [0.1, 0.15) is 21.7 Å². The Morgan fingerprint density at radius 2 is 1.93 bits per heavy atom. The fourth-order valence-corrected chi connectivity index (χ4v) is 4.33. The van der Waals surface area contributed by atoms with Crippen LogP contribution in [0.15, 0.2) is 23.4 Å². The van der Waals surface area contributed by atoms with E-state index < -0.39 is 0 Å². The van der Waals surface area contributed by atoms with E-state index in [-0.39, 0.29) is 11.7 Å². The highest BCUT2D eigenvalue weighted by Gasteiger charge is 2.16. The van der Waals surface area contributed by atoms with Crippen molar-refractivity contribution in [3.8, 4) is 0 Å². The monoisotopic (exact) mass is 398 g/mol. The highest BCUT2D eigenvalue weighted by molar-refractivity contribution is 7.99. The molecule has 4 aromatic rings. The van der Waals surface area contributed by atoms with Crippen molar-refractivity contribution >= 4 is 50.7 Å². The Balaban J connectivity index is 1.68. The number of pyridine rings is 1. The predicted octanol–water partition coefficient (Wildman–Crippen LogP) is 3.70. The Morgan fingerprint density at radius 1 is 1.11 bits per heavy atom. The number of fused-ring (bicyclic) bond motifs is 3. The standard InChI is InChI=1S/C18H18N6OS2/c1-9-5-6-13-7-10(2)16-21-23-18(24(16)15(13)11(9)3)26-8-14(25)19-17-22-20-12(4)27-17/h5-7H,8H2,1-4H3,(H,19,22,25). The molecule has 0 radical (unpaired) electrons. The van der Waals surface area contributed by atoms with Crippen molar-refractivity contribution in [3.05, 3.63) is 39.9 Å². The third kappa shape index (κ3) is 3.28. The van der Waals surface area contributed by atoms with Crippen LogP contribution >= 0.6 is 23.1 Å². The number of carbonyl (C=O) groups is 1. The molecule has 0 fully saturated rings. The number of thioether (sulfide) groups is 1. The molecule has 0 saturated heterocycles. The molecule has 0 saturated carbocycles. The van der Waals surface area contributed by atoms with Crippen LogP contribution < -0.4 is 5.32 Å². The van der Waals surface area contributed by atoms with E-state index in [1.807, 2.05) is 13.8 Å². The SMILES string of the molecule is Cc1nnc(NC(=O)CSc2nnc3c(C)cc4ccc(C)c(C)c4n23)s1. The zero-order valence-electron chi connectivity index (χ0n) is 15.4. The average Bonchev–Trinajstić information content (AvgIpc) is 3.23. The minimum Gasteiger partial charge on any atom is -0.300 e. The van der Waals surface area contributed by atoms with Gasteiger partial charge < -0.3 is 0 Å². The molecule has 27 heavy (non-hydrogen) atoms. The molecule has 4 rings (SSSR count). The van der Waals surface area contributed by atoms with E-state index in [1.54, 1.807) is 0 Å². The minimum absolute atomic E-state index is 0.141. The molecule has 1 amide bonds. The molecule has 9 heteroatoms. The van der Waals surface area contributed by atoms with Crippen molar-refractivity contribution in [1.82, 2.24) is 24.8 Å². The fraction of sp³-hybridized carbons (Fsp3) is 0.278. The molecule has 138 valence electrons. The number of carbonyl (C=O) groups excluding carboxylic acids is 1. The first-order chi connectivity index (χ1) is 12.9. The number of hydrogen-bond donors (Lipinski definition) is 1. The third-order valence-electron chi connectivity index (χ3n) is 4.42. The molecule has 0 spiro atoms. The van der Waals surface area contributed by atoms with Gasteiger partial charge in [-0.25, -0.2) is 0 Å². The quantitative estimate of drug-likeness (QED) is 0.528. The molecule has 0 aliphatic rings. The fourth-order valence-electron chi connectivity index (χ4n) is 2.99. The molecule has 7 nitrogen and oxygen atoms in total. The number of amides is 1. The number of aryl methyl sites for hydroxylation is 4. The summed E-state index contributed by atoms with van der Waals surface area (Å²) in [7, 11) is 0. The van der Waals surface area contributed by atoms with Crippen molar-refractivity contribution < 1.29 is 4.79 Å². The van der Waals surface area contributed by atoms with Gasteiger partial charge in [0, 0.05) is 0 Å². The summed E-state index contributed by atoms with van der Waals surface area (Å²) in [6.07, 6.45) is 0. The molecule has 0 bridgehead atoms. The highest BCUT2D eigenvalue weighted by Crippen LogP contribution is 2.29. The van der Waals surface area contributed by atoms with Gasteiger partial charge in [0.2, 0.25) is 11.0 Å². The molecular formula is C18H18N6OS2. The predicted molar refractivity (Wildman–Crippen MR) is 109 cm³/mol. The lowest BCUT2D eigenvalue weighted by molar-refractivity contribution is -0.113. The maximum atomic E-state index is 12.3. The van der Waals surface area contributed by atoms with Crippen LogP contribution in [0, 0.1) is 27.7 Å². The van der Waals surface area contributed by atoms with Crippen LogP contribution in [0.5, 0.6) is 0 Å². The van der Waals surface area contributed by atoms with Gasteiger partial charge in [0.1, 0.15) is 5.01 Å². The van der Waals surface area contributed by atoms with Crippen LogP contribution in [-0.2, 0) is 4.79 Å². The maximum Gasteiger partial charge on any atom is 0.236 e. The molecule has 1 aromatic carbocycles. The van der Waals surface area contributed by atoms with E-state index in [9.17, 15) is 4.79 Å². The second-order valence-corrected chi connectivity index (χ2v) is 8.50. The summed E-state index contributed by atoms with van der Waals surface area (Å²) in [6.45, 7) is 8.07. The van der Waals surface area contributed by atoms with Crippen LogP contribution in [0.3, 0.4) is 0 Å². The summed E-state index contributed by atoms with van der Waals surface area (Å²) in [5.74, 6) is 0.0810. The van der Waals surface area contributed by atoms with E-state index in [4.69, 9.17) is 0 Å². The molecule has 3 heterocycles. The first kappa shape index (κ1) is 17.9. The summed E-state index contributed by atoms with van der Waals surface area (Å²) in [6, 6.07) is 6.37. The summed E-state index contributed by atoms with van der Waals surface area (Å²) in [4.78, 5) is 12.3. The first-order valence-corrected chi connectivity index (χ1v) is 10.2. The lowest BCUT2D eigenvalue weighted by Gasteiger charge is -2.11. The van der Waals surface area contributed by atoms with Crippen LogP contribution in [0.2, 0.25) is 0 Å². The molecule has 0 unspecified atom stereocenters. The number of nitrogens with one attached hydrogen (secondary N) is 1. The zero-order valence-corrected chi connectivity index (χ0v) is 17.0. The maximum absolute atomic E-state index is 12.3. The second kappa shape index (κ2) is 6.90. The summed E-state index contributed by atoms with van der Waals surface area (Å²) in [5, 5.41) is 22.4. The molecule has 1 N–H and O–H groups in total. The van der Waals surface area contributed by atoms with Gasteiger partial charge >= 0.3 is 0 Å². The summed E-state index contributed by atoms with van der Waals surface area (Å²) >= 11 is 2.72. The molecule has 3 aromatic heterocycles. The van der Waals surface area contributed by atoms with Gasteiger partial charge in [-0.2, -0.15) is 0 Å². The Hall–Kier alpha value is -2.52. The second-order valence-electron chi connectivity index (χ2n) is 6.38. The molecule has 0 aliphatic heterocycles. The topological polar surface area (TPSA) is 85.1 Å². The Bertz CT molecular complexity index is 1180. The largest absolute Gasteiger partial charge is 0.300 e. The van der Waals surface area contributed by atoms with E-state index in [0.717, 1.165) is 27.1 Å². The van der Waals surface area contributed by atoms with Crippen molar-refractivity contribution in [1.29, 1.82) is 0 Å². The van der Waals surface area contributed by atoms with Crippen LogP contribution in [-0.4, -0.2) is 36.5 Å². The highest BCUT2D eigenvalue weighted by atomic mass is 32.2. The molecule has 0 aliphatic carbocycles. The zero-order chi connectivity index (χ0) is 19.1. The number of hydrogen-bond acceptors (Lipinski definition) is 7. The number of aromatic nitrogens is 5. The van der Waals surface area contributed by atoms with E-state index in [0.29, 0.717) is 10.3 Å². The summed E-state index contributed by atoms with van der Waals surface area (Å²) < 4.78 is 2.06. The molecule has 0 atom stereocenters. The third-order valence-corrected chi connectivity index (χ3v) is 6.10. The Kier molecular flexibility index (Phi) is 4.56. The van der Waals surface area contributed by atoms with Gasteiger partial charge in [0.05, 0.1) is 11.3 Å². The summed E-state index contributed by atoms with van der Waals surface area (Å²) in [5.41, 5.74) is 5.36. The Morgan fingerprint density at radius 3 is 2.67 bits per heavy atom. The first-order valence-electron chi connectivity index (χ1n) is 8.41. The van der Waals surface area contributed by atoms with Crippen molar-refractivity contribution in [3.63, 3.8) is 0 Å². The lowest BCUT2D eigenvalue weighted by atomic mass is 10.0. The number of anilines is 1. The van der Waals surface area contributed by atoms with Gasteiger partial charge in [-0.05, 0) is 55.8 Å². The van der Waals surface area contributed by atoms with Gasteiger partial charge in [-0.15, -0.1) is 20.4 Å². The van der Waals surface area contributed by atoms with Crippen molar-refractivity contribution in [2.45, 2.75) is 32.9 Å². The Labute approximate surface area is 164 Å². The molecular weight excluding hydrogens is 380 g/mol. The van der Waals surface area contributed by atoms with Crippen molar-refractivity contribution in [2.24, 2.45) is 0 Å². The van der Waals surface area contributed by atoms with E-state index in [1.165, 1.54) is 34.2 Å². The average molecular weight is 399 g/mol. The van der Waals surface area contributed by atoms with E-state index >= 15 is 0 Å². The van der Waals surface area contributed by atoms with Crippen molar-refractivity contribution in [2.75, 3.05) is 11.1 Å². The number of nitrogens with zero attached hydrogens (tertiary/aromatic N) is 5. The lowest BCUT2D eigenvalue weighted by Crippen LogP contribution is -2.14. The normalized spacial score (nSPS) is 11.4. The van der Waals surface area contributed by atoms with E-state index in [2.05, 4.69) is 62.2 Å². The van der Waals surface area contributed by atoms with Gasteiger partial charge in [-0.3, -0.25) is 14.5 Å².